The van der Waals surface area contributed by atoms with Crippen molar-refractivity contribution in [3.63, 3.8) is 0 Å². The number of ether oxygens (including phenoxy) is 1. The van der Waals surface area contributed by atoms with E-state index in [1.54, 1.807) is 30.6 Å². The maximum atomic E-state index is 11.7. The van der Waals surface area contributed by atoms with E-state index in [2.05, 4.69) is 5.32 Å². The van der Waals surface area contributed by atoms with Crippen LogP contribution in [0.4, 0.5) is 0 Å². The molecule has 2 rings (SSSR count). The predicted octanol–water partition coefficient (Wildman–Crippen LogP) is 3.27. The van der Waals surface area contributed by atoms with E-state index >= 15 is 0 Å². The quantitative estimate of drug-likeness (QED) is 0.919. The molecule has 1 aromatic carbocycles. The van der Waals surface area contributed by atoms with Gasteiger partial charge in [0.25, 0.3) is 0 Å². The van der Waals surface area contributed by atoms with Crippen molar-refractivity contribution in [3.05, 3.63) is 51.2 Å². The number of hydrogen-bond acceptors (Lipinski definition) is 3. The van der Waals surface area contributed by atoms with Crippen molar-refractivity contribution < 1.29 is 9.53 Å². The van der Waals surface area contributed by atoms with Crippen molar-refractivity contribution in [2.45, 2.75) is 13.0 Å². The Hall–Kier alpha value is -1.52. The van der Waals surface area contributed by atoms with Gasteiger partial charge in [-0.15, -0.1) is 11.3 Å². The molecule has 0 aliphatic heterocycles. The minimum atomic E-state index is 0.00869. The number of carbonyl (C=O) groups is 1. The van der Waals surface area contributed by atoms with Gasteiger partial charge in [-0.3, -0.25) is 4.79 Å². The molecule has 0 atom stereocenters. The van der Waals surface area contributed by atoms with Gasteiger partial charge in [0.05, 0.1) is 18.6 Å². The maximum absolute atomic E-state index is 11.7. The highest BCUT2D eigenvalue weighted by atomic mass is 35.5. The Morgan fingerprint density at radius 3 is 2.89 bits per heavy atom. The Morgan fingerprint density at radius 2 is 2.26 bits per heavy atom. The molecule has 0 aliphatic carbocycles. The molecule has 0 unspecified atom stereocenters. The zero-order valence-electron chi connectivity index (χ0n) is 10.5. The van der Waals surface area contributed by atoms with Gasteiger partial charge in [-0.1, -0.05) is 23.7 Å². The summed E-state index contributed by atoms with van der Waals surface area (Å²) in [6, 6.07) is 9.37. The van der Waals surface area contributed by atoms with Crippen LogP contribution in [0.15, 0.2) is 35.7 Å². The molecule has 2 aromatic rings. The lowest BCUT2D eigenvalue weighted by atomic mass is 10.2. The van der Waals surface area contributed by atoms with Gasteiger partial charge < -0.3 is 10.1 Å². The molecule has 1 N–H and O–H groups in total. The fourth-order valence-corrected chi connectivity index (χ4v) is 2.64. The summed E-state index contributed by atoms with van der Waals surface area (Å²) in [7, 11) is 1.57. The Labute approximate surface area is 121 Å². The van der Waals surface area contributed by atoms with Crippen LogP contribution in [-0.4, -0.2) is 13.0 Å². The number of hydrogen-bond donors (Lipinski definition) is 1. The van der Waals surface area contributed by atoms with Gasteiger partial charge >= 0.3 is 0 Å². The van der Waals surface area contributed by atoms with Crippen LogP contribution in [0.2, 0.25) is 5.02 Å². The van der Waals surface area contributed by atoms with Crippen LogP contribution in [-0.2, 0) is 17.8 Å². The van der Waals surface area contributed by atoms with Crippen LogP contribution in [0.5, 0.6) is 5.75 Å². The smallest absolute Gasteiger partial charge is 0.225 e. The van der Waals surface area contributed by atoms with Crippen molar-refractivity contribution in [2.75, 3.05) is 7.11 Å². The Bertz CT molecular complexity index is 555. The van der Waals surface area contributed by atoms with Gasteiger partial charge in [0.15, 0.2) is 0 Å². The lowest BCUT2D eigenvalue weighted by molar-refractivity contribution is -0.120. The number of amides is 1. The van der Waals surface area contributed by atoms with Gasteiger partial charge in [-0.25, -0.2) is 0 Å². The molecule has 1 heterocycles. The van der Waals surface area contributed by atoms with E-state index in [-0.39, 0.29) is 5.91 Å². The van der Waals surface area contributed by atoms with E-state index in [4.69, 9.17) is 16.3 Å². The van der Waals surface area contributed by atoms with Crippen LogP contribution >= 0.6 is 22.9 Å². The number of rotatable bonds is 5. The van der Waals surface area contributed by atoms with Gasteiger partial charge in [0, 0.05) is 11.4 Å². The third-order valence-electron chi connectivity index (χ3n) is 2.62. The molecular weight excluding hydrogens is 282 g/mol. The summed E-state index contributed by atoms with van der Waals surface area (Å²) in [6.45, 7) is 0.466. The molecule has 5 heteroatoms. The van der Waals surface area contributed by atoms with Crippen LogP contribution in [0.3, 0.4) is 0 Å². The van der Waals surface area contributed by atoms with Crippen LogP contribution in [0.1, 0.15) is 10.4 Å². The van der Waals surface area contributed by atoms with Crippen molar-refractivity contribution >= 4 is 28.8 Å². The second-order valence-electron chi connectivity index (χ2n) is 4.00. The average Bonchev–Trinajstić information content (AvgIpc) is 2.89. The molecule has 19 heavy (non-hydrogen) atoms. The minimum absolute atomic E-state index is 0.00869. The topological polar surface area (TPSA) is 38.3 Å². The van der Waals surface area contributed by atoms with E-state index in [0.717, 1.165) is 10.4 Å². The predicted molar refractivity (Wildman–Crippen MR) is 77.9 cm³/mol. The summed E-state index contributed by atoms with van der Waals surface area (Å²) in [5.41, 5.74) is 0.949. The fraction of sp³-hybridized carbons (Fsp3) is 0.214. The third-order valence-corrected chi connectivity index (χ3v) is 3.79. The lowest BCUT2D eigenvalue weighted by Crippen LogP contribution is -2.24. The first kappa shape index (κ1) is 13.9. The average molecular weight is 296 g/mol. The number of halogens is 1. The van der Waals surface area contributed by atoms with E-state index < -0.39 is 0 Å². The molecule has 3 nitrogen and oxygen atoms in total. The number of carbonyl (C=O) groups excluding carboxylic acids is 1. The zero-order valence-corrected chi connectivity index (χ0v) is 12.1. The molecule has 100 valence electrons. The van der Waals surface area contributed by atoms with Gasteiger partial charge in [-0.05, 0) is 29.1 Å². The standard InChI is InChI=1S/C14H14ClNO2S/c1-18-13-5-4-10(7-12(13)15)9-16-14(17)8-11-3-2-6-19-11/h2-7H,8-9H2,1H3,(H,16,17). The molecule has 0 spiro atoms. The van der Waals surface area contributed by atoms with Gasteiger partial charge in [-0.2, -0.15) is 0 Å². The van der Waals surface area contributed by atoms with Crippen LogP contribution in [0, 0.1) is 0 Å². The fourth-order valence-electron chi connectivity index (χ4n) is 1.65. The molecule has 1 amide bonds. The largest absolute Gasteiger partial charge is 0.495 e. The van der Waals surface area contributed by atoms with Gasteiger partial charge in [0.2, 0.25) is 5.91 Å². The van der Waals surface area contributed by atoms with Gasteiger partial charge in [0.1, 0.15) is 5.75 Å². The minimum Gasteiger partial charge on any atom is -0.495 e. The Morgan fingerprint density at radius 1 is 1.42 bits per heavy atom. The Balaban J connectivity index is 1.88. The molecule has 0 bridgehead atoms. The van der Waals surface area contributed by atoms with E-state index in [0.29, 0.717) is 23.7 Å². The molecule has 0 radical (unpaired) electrons. The van der Waals surface area contributed by atoms with E-state index in [1.807, 2.05) is 23.6 Å². The van der Waals surface area contributed by atoms with Crippen molar-refractivity contribution in [3.8, 4) is 5.75 Å². The Kier molecular flexibility index (Phi) is 4.82. The first-order valence-corrected chi connectivity index (χ1v) is 7.06. The highest BCUT2D eigenvalue weighted by molar-refractivity contribution is 7.10. The van der Waals surface area contributed by atoms with Crippen molar-refractivity contribution in [1.82, 2.24) is 5.32 Å². The number of benzene rings is 1. The van der Waals surface area contributed by atoms with Crippen LogP contribution < -0.4 is 10.1 Å². The molecule has 0 saturated carbocycles. The van der Waals surface area contributed by atoms with Crippen molar-refractivity contribution in [2.24, 2.45) is 0 Å². The first-order chi connectivity index (χ1) is 9.19. The summed E-state index contributed by atoms with van der Waals surface area (Å²) < 4.78 is 5.08. The molecular formula is C14H14ClNO2S. The summed E-state index contributed by atoms with van der Waals surface area (Å²) in [4.78, 5) is 12.8. The van der Waals surface area contributed by atoms with Crippen molar-refractivity contribution in [1.29, 1.82) is 0 Å². The molecule has 1 aromatic heterocycles. The highest BCUT2D eigenvalue weighted by Gasteiger charge is 2.05. The monoisotopic (exact) mass is 295 g/mol. The summed E-state index contributed by atoms with van der Waals surface area (Å²) in [6.07, 6.45) is 0.418. The third kappa shape index (κ3) is 3.98. The second kappa shape index (κ2) is 6.59. The summed E-state index contributed by atoms with van der Waals surface area (Å²) >= 11 is 7.61. The molecule has 0 saturated heterocycles. The number of methoxy groups -OCH3 is 1. The first-order valence-electron chi connectivity index (χ1n) is 5.80. The SMILES string of the molecule is COc1ccc(CNC(=O)Cc2cccs2)cc1Cl. The number of thiophene rings is 1. The lowest BCUT2D eigenvalue weighted by Gasteiger charge is -2.07. The second-order valence-corrected chi connectivity index (χ2v) is 5.44. The molecule has 0 fully saturated rings. The summed E-state index contributed by atoms with van der Waals surface area (Å²) in [5, 5.41) is 5.38. The van der Waals surface area contributed by atoms with E-state index in [9.17, 15) is 4.79 Å². The molecule has 0 aliphatic rings. The summed E-state index contributed by atoms with van der Waals surface area (Å²) in [5.74, 6) is 0.643. The number of nitrogens with one attached hydrogen (secondary N) is 1. The highest BCUT2D eigenvalue weighted by Crippen LogP contribution is 2.24. The van der Waals surface area contributed by atoms with Crippen LogP contribution in [0.25, 0.3) is 0 Å². The van der Waals surface area contributed by atoms with E-state index in [1.165, 1.54) is 0 Å². The maximum Gasteiger partial charge on any atom is 0.225 e. The zero-order chi connectivity index (χ0) is 13.7. The normalized spacial score (nSPS) is 10.2.